The summed E-state index contributed by atoms with van der Waals surface area (Å²) in [5, 5.41) is 0. The molecule has 4 heteroatoms. The highest BCUT2D eigenvalue weighted by Gasteiger charge is 2.19. The van der Waals surface area contributed by atoms with Crippen LogP contribution in [0.1, 0.15) is 27.7 Å². The summed E-state index contributed by atoms with van der Waals surface area (Å²) in [6.45, 7) is 7.03. The van der Waals surface area contributed by atoms with E-state index in [1.165, 1.54) is 6.92 Å². The summed E-state index contributed by atoms with van der Waals surface area (Å²) in [6, 6.07) is 0. The molecule has 0 unspecified atom stereocenters. The quantitative estimate of drug-likeness (QED) is 0.221. The molecule has 0 aliphatic rings. The molecule has 0 saturated carbocycles. The molecule has 0 aliphatic carbocycles. The lowest BCUT2D eigenvalue weighted by atomic mass is 10.1. The lowest BCUT2D eigenvalue weighted by Crippen LogP contribution is -2.16. The number of Topliss-reactive ketones (excluding diaryl/α,β-unsaturated/α-hetero) is 1. The van der Waals surface area contributed by atoms with Crippen molar-refractivity contribution in [3.63, 3.8) is 0 Å². The highest BCUT2D eigenvalue weighted by Crippen LogP contribution is 2.09. The molecule has 0 aromatic heterocycles. The van der Waals surface area contributed by atoms with Crippen LogP contribution in [0.4, 0.5) is 0 Å². The molecule has 0 heterocycles. The van der Waals surface area contributed by atoms with E-state index in [0.717, 1.165) is 0 Å². The molecular weight excluding hydrogens is 184 g/mol. The first-order valence-corrected chi connectivity index (χ1v) is 4.56. The minimum Gasteiger partial charge on any atom is -0.497 e. The summed E-state index contributed by atoms with van der Waals surface area (Å²) in [5.74, 6) is -0.640. The summed E-state index contributed by atoms with van der Waals surface area (Å²) >= 11 is 0. The molecule has 0 aromatic carbocycles. The van der Waals surface area contributed by atoms with Crippen molar-refractivity contribution in [2.75, 3.05) is 13.2 Å². The number of carbonyl (C=O) groups is 2. The van der Waals surface area contributed by atoms with Crippen LogP contribution < -0.4 is 0 Å². The zero-order chi connectivity index (χ0) is 11.1. The maximum atomic E-state index is 11.3. The molecule has 80 valence electrons. The van der Waals surface area contributed by atoms with Crippen LogP contribution in [-0.2, 0) is 19.1 Å². The molecule has 0 amide bonds. The van der Waals surface area contributed by atoms with E-state index in [0.29, 0.717) is 12.4 Å². The molecule has 0 spiro atoms. The van der Waals surface area contributed by atoms with Gasteiger partial charge in [-0.05, 0) is 27.7 Å². The average molecular weight is 200 g/mol. The Bertz CT molecular complexity index is 253. The Labute approximate surface area is 83.9 Å². The van der Waals surface area contributed by atoms with Crippen LogP contribution in [-0.4, -0.2) is 25.0 Å². The van der Waals surface area contributed by atoms with E-state index in [9.17, 15) is 9.59 Å². The van der Waals surface area contributed by atoms with Crippen LogP contribution in [0, 0.1) is 0 Å². The maximum absolute atomic E-state index is 11.3. The lowest BCUT2D eigenvalue weighted by molar-refractivity contribution is -0.140. The summed E-state index contributed by atoms with van der Waals surface area (Å²) in [4.78, 5) is 22.5. The van der Waals surface area contributed by atoms with E-state index in [1.807, 2.05) is 0 Å². The smallest absolute Gasteiger partial charge is 0.345 e. The number of esters is 1. The van der Waals surface area contributed by atoms with Gasteiger partial charge in [0.25, 0.3) is 0 Å². The van der Waals surface area contributed by atoms with Crippen molar-refractivity contribution in [3.05, 3.63) is 11.3 Å². The van der Waals surface area contributed by atoms with Gasteiger partial charge in [-0.2, -0.15) is 0 Å². The monoisotopic (exact) mass is 200 g/mol. The third kappa shape index (κ3) is 3.60. The van der Waals surface area contributed by atoms with Gasteiger partial charge >= 0.3 is 5.97 Å². The van der Waals surface area contributed by atoms with Gasteiger partial charge in [0.05, 0.1) is 13.2 Å². The highest BCUT2D eigenvalue weighted by atomic mass is 16.5. The van der Waals surface area contributed by atoms with Gasteiger partial charge in [-0.15, -0.1) is 0 Å². The van der Waals surface area contributed by atoms with E-state index in [4.69, 9.17) is 9.47 Å². The fourth-order valence-electron chi connectivity index (χ4n) is 1.03. The van der Waals surface area contributed by atoms with Gasteiger partial charge < -0.3 is 9.47 Å². The Hall–Kier alpha value is -1.32. The minimum atomic E-state index is -0.619. The number of hydrogen-bond acceptors (Lipinski definition) is 4. The predicted molar refractivity (Wildman–Crippen MR) is 51.6 cm³/mol. The predicted octanol–water partition coefficient (Wildman–Crippen LogP) is 1.45. The molecule has 0 fully saturated rings. The SMILES string of the molecule is CCOC(=O)/C(C(C)=O)=C(\C)OCC. The van der Waals surface area contributed by atoms with Crippen molar-refractivity contribution in [2.45, 2.75) is 27.7 Å². The van der Waals surface area contributed by atoms with Gasteiger partial charge in [0.1, 0.15) is 11.3 Å². The molecule has 14 heavy (non-hydrogen) atoms. The summed E-state index contributed by atoms with van der Waals surface area (Å²) < 4.78 is 9.83. The van der Waals surface area contributed by atoms with E-state index >= 15 is 0 Å². The number of ketones is 1. The first-order valence-electron chi connectivity index (χ1n) is 4.56. The molecular formula is C10H16O4. The molecule has 0 radical (unpaired) electrons. The Morgan fingerprint density at radius 1 is 1.00 bits per heavy atom. The first kappa shape index (κ1) is 12.7. The number of allylic oxidation sites excluding steroid dienone is 1. The van der Waals surface area contributed by atoms with Crippen LogP contribution in [0.3, 0.4) is 0 Å². The zero-order valence-corrected chi connectivity index (χ0v) is 9.05. The van der Waals surface area contributed by atoms with E-state index in [2.05, 4.69) is 0 Å². The molecule has 0 bridgehead atoms. The van der Waals surface area contributed by atoms with Crippen molar-refractivity contribution < 1.29 is 19.1 Å². The first-order chi connectivity index (χ1) is 6.54. The van der Waals surface area contributed by atoms with E-state index in [1.54, 1.807) is 20.8 Å². The third-order valence-corrected chi connectivity index (χ3v) is 1.54. The molecule has 0 aliphatic heterocycles. The van der Waals surface area contributed by atoms with E-state index < -0.39 is 5.97 Å². The average Bonchev–Trinajstić information content (AvgIpc) is 2.04. The largest absolute Gasteiger partial charge is 0.497 e. The number of carbonyl (C=O) groups excluding carboxylic acids is 2. The zero-order valence-electron chi connectivity index (χ0n) is 9.05. The van der Waals surface area contributed by atoms with Crippen molar-refractivity contribution in [2.24, 2.45) is 0 Å². The van der Waals surface area contributed by atoms with E-state index in [-0.39, 0.29) is 18.0 Å². The van der Waals surface area contributed by atoms with Gasteiger partial charge in [0.15, 0.2) is 5.78 Å². The van der Waals surface area contributed by atoms with Gasteiger partial charge in [0, 0.05) is 0 Å². The van der Waals surface area contributed by atoms with Gasteiger partial charge in [-0.1, -0.05) is 0 Å². The third-order valence-electron chi connectivity index (χ3n) is 1.54. The molecule has 4 nitrogen and oxygen atoms in total. The molecule has 0 aromatic rings. The van der Waals surface area contributed by atoms with Crippen molar-refractivity contribution in [1.29, 1.82) is 0 Å². The number of hydrogen-bond donors (Lipinski definition) is 0. The van der Waals surface area contributed by atoms with Crippen molar-refractivity contribution in [1.82, 2.24) is 0 Å². The second-order valence-electron chi connectivity index (χ2n) is 2.64. The second kappa shape index (κ2) is 6.18. The Morgan fingerprint density at radius 3 is 1.86 bits per heavy atom. The Morgan fingerprint density at radius 2 is 1.50 bits per heavy atom. The van der Waals surface area contributed by atoms with Crippen molar-refractivity contribution >= 4 is 11.8 Å². The molecule has 0 N–H and O–H groups in total. The van der Waals surface area contributed by atoms with Gasteiger partial charge in [0.2, 0.25) is 0 Å². The molecule has 0 rings (SSSR count). The fourth-order valence-corrected chi connectivity index (χ4v) is 1.03. The molecule has 0 saturated heterocycles. The lowest BCUT2D eigenvalue weighted by Gasteiger charge is -2.08. The van der Waals surface area contributed by atoms with Crippen LogP contribution in [0.15, 0.2) is 11.3 Å². The topological polar surface area (TPSA) is 52.6 Å². The standard InChI is InChI=1S/C10H16O4/c1-5-13-8(4)9(7(3)11)10(12)14-6-2/h5-6H2,1-4H3/b9-8+. The van der Waals surface area contributed by atoms with Crippen LogP contribution in [0.2, 0.25) is 0 Å². The summed E-state index contributed by atoms with van der Waals surface area (Å²) in [7, 11) is 0. The van der Waals surface area contributed by atoms with Crippen LogP contribution in [0.25, 0.3) is 0 Å². The Kier molecular flexibility index (Phi) is 5.60. The Balaban J connectivity index is 4.83. The maximum Gasteiger partial charge on any atom is 0.345 e. The molecule has 0 atom stereocenters. The second-order valence-corrected chi connectivity index (χ2v) is 2.64. The highest BCUT2D eigenvalue weighted by molar-refractivity contribution is 6.16. The normalized spacial score (nSPS) is 11.7. The minimum absolute atomic E-state index is 0.00583. The van der Waals surface area contributed by atoms with Gasteiger partial charge in [-0.3, -0.25) is 4.79 Å². The summed E-state index contributed by atoms with van der Waals surface area (Å²) in [6.07, 6.45) is 0. The van der Waals surface area contributed by atoms with Crippen LogP contribution >= 0.6 is 0 Å². The number of rotatable bonds is 5. The van der Waals surface area contributed by atoms with Crippen LogP contribution in [0.5, 0.6) is 0 Å². The van der Waals surface area contributed by atoms with Crippen molar-refractivity contribution in [3.8, 4) is 0 Å². The fraction of sp³-hybridized carbons (Fsp3) is 0.600. The van der Waals surface area contributed by atoms with Gasteiger partial charge in [-0.25, -0.2) is 4.79 Å². The number of ether oxygens (including phenoxy) is 2. The summed E-state index contributed by atoms with van der Waals surface area (Å²) in [5.41, 5.74) is -0.00583.